The lowest BCUT2D eigenvalue weighted by Gasteiger charge is -2.32. The molecule has 0 unspecified atom stereocenters. The number of phenolic OH excluding ortho intramolecular Hbond substituents is 3. The highest BCUT2D eigenvalue weighted by molar-refractivity contribution is 6.30. The first-order valence-electron chi connectivity index (χ1n) is 9.05. The van der Waals surface area contributed by atoms with E-state index in [0.717, 1.165) is 12.1 Å². The Morgan fingerprint density at radius 1 is 1.07 bits per heavy atom. The van der Waals surface area contributed by atoms with Crippen LogP contribution in [0.5, 0.6) is 23.0 Å². The van der Waals surface area contributed by atoms with E-state index in [1.165, 1.54) is 0 Å². The van der Waals surface area contributed by atoms with Crippen LogP contribution < -0.4 is 10.1 Å². The maximum atomic E-state index is 12.3. The Morgan fingerprint density at radius 2 is 1.66 bits per heavy atom. The lowest BCUT2D eigenvalue weighted by Crippen LogP contribution is -2.47. The summed E-state index contributed by atoms with van der Waals surface area (Å²) in [6.45, 7) is 0.865. The van der Waals surface area contributed by atoms with Crippen molar-refractivity contribution in [3.63, 3.8) is 0 Å². The van der Waals surface area contributed by atoms with E-state index in [0.29, 0.717) is 36.7 Å². The Kier molecular flexibility index (Phi) is 6.33. The van der Waals surface area contributed by atoms with Gasteiger partial charge in [-0.25, -0.2) is 0 Å². The van der Waals surface area contributed by atoms with E-state index in [2.05, 4.69) is 5.32 Å². The first-order valence-corrected chi connectivity index (χ1v) is 9.43. The van der Waals surface area contributed by atoms with Gasteiger partial charge in [-0.2, -0.15) is 0 Å². The van der Waals surface area contributed by atoms with Crippen molar-refractivity contribution in [2.24, 2.45) is 0 Å². The van der Waals surface area contributed by atoms with Gasteiger partial charge in [-0.05, 0) is 49.2 Å². The summed E-state index contributed by atoms with van der Waals surface area (Å²) in [6, 6.07) is 8.76. The molecule has 0 spiro atoms. The van der Waals surface area contributed by atoms with Gasteiger partial charge in [0, 0.05) is 29.7 Å². The smallest absolute Gasteiger partial charge is 0.260 e. The molecule has 29 heavy (non-hydrogen) atoms. The molecule has 0 saturated carbocycles. The number of halogens is 1. The maximum absolute atomic E-state index is 12.3. The molecule has 0 atom stereocenters. The molecule has 2 aromatic rings. The second-order valence-electron chi connectivity index (χ2n) is 6.73. The molecule has 1 aliphatic rings. The Labute approximate surface area is 172 Å². The summed E-state index contributed by atoms with van der Waals surface area (Å²) in [6.07, 6.45) is 1.13. The van der Waals surface area contributed by atoms with Crippen LogP contribution in [0, 0.1) is 0 Å². The molecule has 1 saturated heterocycles. The molecule has 8 nitrogen and oxygen atoms in total. The number of likely N-dealkylation sites (tertiary alicyclic amines) is 1. The third kappa shape index (κ3) is 5.23. The minimum atomic E-state index is -0.672. The van der Waals surface area contributed by atoms with Crippen LogP contribution in [0.25, 0.3) is 0 Å². The van der Waals surface area contributed by atoms with E-state index >= 15 is 0 Å². The van der Waals surface area contributed by atoms with E-state index in [1.54, 1.807) is 29.2 Å². The maximum Gasteiger partial charge on any atom is 0.260 e. The molecule has 1 aliphatic heterocycles. The highest BCUT2D eigenvalue weighted by Gasteiger charge is 2.25. The second-order valence-corrected chi connectivity index (χ2v) is 7.17. The van der Waals surface area contributed by atoms with Crippen LogP contribution in [0.15, 0.2) is 36.4 Å². The monoisotopic (exact) mass is 420 g/mol. The molecule has 1 heterocycles. The highest BCUT2D eigenvalue weighted by atomic mass is 35.5. The van der Waals surface area contributed by atoms with Crippen molar-refractivity contribution in [1.29, 1.82) is 0 Å². The molecule has 0 bridgehead atoms. The Hall–Kier alpha value is -3.13. The number of phenols is 3. The van der Waals surface area contributed by atoms with Crippen molar-refractivity contribution in [2.75, 3.05) is 19.7 Å². The average Bonchev–Trinajstić information content (AvgIpc) is 2.71. The molecule has 9 heteroatoms. The van der Waals surface area contributed by atoms with Gasteiger partial charge in [0.1, 0.15) is 5.75 Å². The number of rotatable bonds is 5. The average molecular weight is 421 g/mol. The minimum absolute atomic E-state index is 0.0349. The van der Waals surface area contributed by atoms with Gasteiger partial charge in [-0.3, -0.25) is 9.59 Å². The highest BCUT2D eigenvalue weighted by Crippen LogP contribution is 2.35. The SMILES string of the molecule is O=C(NC1CCN(C(=O)COc2ccc(Cl)cc2)CC1)c1cc(O)c(O)c(O)c1. The summed E-state index contributed by atoms with van der Waals surface area (Å²) >= 11 is 5.81. The summed E-state index contributed by atoms with van der Waals surface area (Å²) in [7, 11) is 0. The summed E-state index contributed by atoms with van der Waals surface area (Å²) < 4.78 is 5.47. The molecule has 2 aromatic carbocycles. The molecule has 0 aliphatic carbocycles. The quantitative estimate of drug-likeness (QED) is 0.551. The number of carbonyl (C=O) groups excluding carboxylic acids is 2. The van der Waals surface area contributed by atoms with E-state index in [9.17, 15) is 24.9 Å². The predicted octanol–water partition coefficient (Wildman–Crippen LogP) is 2.26. The second kappa shape index (κ2) is 8.91. The van der Waals surface area contributed by atoms with Gasteiger partial charge >= 0.3 is 0 Å². The van der Waals surface area contributed by atoms with Crippen molar-refractivity contribution >= 4 is 23.4 Å². The summed E-state index contributed by atoms with van der Waals surface area (Å²) in [5, 5.41) is 31.8. The fraction of sp³-hybridized carbons (Fsp3) is 0.300. The number of benzene rings is 2. The first-order chi connectivity index (χ1) is 13.8. The molecule has 0 aromatic heterocycles. The molecular weight excluding hydrogens is 400 g/mol. The van der Waals surface area contributed by atoms with Crippen LogP contribution in [-0.2, 0) is 4.79 Å². The fourth-order valence-corrected chi connectivity index (χ4v) is 3.17. The Bertz CT molecular complexity index is 871. The van der Waals surface area contributed by atoms with Crippen molar-refractivity contribution in [1.82, 2.24) is 10.2 Å². The van der Waals surface area contributed by atoms with Crippen LogP contribution >= 0.6 is 11.6 Å². The number of hydrogen-bond acceptors (Lipinski definition) is 6. The van der Waals surface area contributed by atoms with Crippen LogP contribution in [-0.4, -0.2) is 57.8 Å². The molecule has 3 rings (SSSR count). The fourth-order valence-electron chi connectivity index (χ4n) is 3.04. The minimum Gasteiger partial charge on any atom is -0.504 e. The van der Waals surface area contributed by atoms with Gasteiger partial charge in [0.05, 0.1) is 0 Å². The van der Waals surface area contributed by atoms with Crippen molar-refractivity contribution in [3.05, 3.63) is 47.0 Å². The van der Waals surface area contributed by atoms with Gasteiger partial charge in [-0.1, -0.05) is 11.6 Å². The molecule has 4 N–H and O–H groups in total. The van der Waals surface area contributed by atoms with Crippen molar-refractivity contribution in [2.45, 2.75) is 18.9 Å². The molecule has 2 amide bonds. The number of nitrogens with one attached hydrogen (secondary N) is 1. The third-order valence-electron chi connectivity index (χ3n) is 4.69. The summed E-state index contributed by atoms with van der Waals surface area (Å²) in [4.78, 5) is 26.3. The number of aromatic hydroxyl groups is 3. The van der Waals surface area contributed by atoms with Gasteiger partial charge < -0.3 is 30.3 Å². The summed E-state index contributed by atoms with van der Waals surface area (Å²) in [5.74, 6) is -1.88. The van der Waals surface area contributed by atoms with Crippen LogP contribution in [0.3, 0.4) is 0 Å². The van der Waals surface area contributed by atoms with Gasteiger partial charge in [-0.15, -0.1) is 0 Å². The first kappa shape index (κ1) is 20.6. The molecule has 1 fully saturated rings. The molecular formula is C20H21ClN2O6. The zero-order valence-corrected chi connectivity index (χ0v) is 16.2. The number of hydrogen-bond donors (Lipinski definition) is 4. The topological polar surface area (TPSA) is 119 Å². The van der Waals surface area contributed by atoms with Gasteiger partial charge in [0.15, 0.2) is 23.9 Å². The van der Waals surface area contributed by atoms with E-state index in [-0.39, 0.29) is 24.1 Å². The van der Waals surface area contributed by atoms with Crippen molar-refractivity contribution < 1.29 is 29.6 Å². The number of carbonyl (C=O) groups is 2. The Morgan fingerprint density at radius 3 is 2.24 bits per heavy atom. The van der Waals surface area contributed by atoms with E-state index in [1.807, 2.05) is 0 Å². The number of nitrogens with zero attached hydrogens (tertiary/aromatic N) is 1. The van der Waals surface area contributed by atoms with Gasteiger partial charge in [0.25, 0.3) is 11.8 Å². The van der Waals surface area contributed by atoms with Crippen LogP contribution in [0.1, 0.15) is 23.2 Å². The van der Waals surface area contributed by atoms with E-state index < -0.39 is 23.2 Å². The molecule has 0 radical (unpaired) electrons. The standard InChI is InChI=1S/C20H21ClN2O6/c21-13-1-3-15(4-2-13)29-11-18(26)23-7-5-14(6-8-23)22-20(28)12-9-16(24)19(27)17(25)10-12/h1-4,9-10,14,24-25,27H,5-8,11H2,(H,22,28). The largest absolute Gasteiger partial charge is 0.504 e. The Balaban J connectivity index is 1.46. The third-order valence-corrected chi connectivity index (χ3v) is 4.94. The predicted molar refractivity (Wildman–Crippen MR) is 105 cm³/mol. The number of ether oxygens (including phenoxy) is 1. The van der Waals surface area contributed by atoms with Crippen LogP contribution in [0.4, 0.5) is 0 Å². The number of amides is 2. The zero-order valence-electron chi connectivity index (χ0n) is 15.5. The summed E-state index contributed by atoms with van der Waals surface area (Å²) in [5.41, 5.74) is 0.0349. The lowest BCUT2D eigenvalue weighted by atomic mass is 10.0. The molecule has 154 valence electrons. The normalized spacial score (nSPS) is 14.4. The lowest BCUT2D eigenvalue weighted by molar-refractivity contribution is -0.134. The van der Waals surface area contributed by atoms with Gasteiger partial charge in [0.2, 0.25) is 0 Å². The van der Waals surface area contributed by atoms with Crippen LogP contribution in [0.2, 0.25) is 5.02 Å². The number of piperidine rings is 1. The van der Waals surface area contributed by atoms with E-state index in [4.69, 9.17) is 16.3 Å². The zero-order chi connectivity index (χ0) is 21.0. The van der Waals surface area contributed by atoms with Crippen molar-refractivity contribution in [3.8, 4) is 23.0 Å².